The molecule has 4 aliphatic heterocycles. The lowest BCUT2D eigenvalue weighted by atomic mass is 9.64. The van der Waals surface area contributed by atoms with Crippen LogP contribution in [-0.2, 0) is 10.2 Å². The van der Waals surface area contributed by atoms with Crippen molar-refractivity contribution >= 4 is 34.9 Å². The normalized spacial score (nSPS) is 24.3. The van der Waals surface area contributed by atoms with Crippen LogP contribution < -0.4 is 19.7 Å². The highest BCUT2D eigenvalue weighted by atomic mass is 19.1. The highest BCUT2D eigenvalue weighted by molar-refractivity contribution is 6.18. The van der Waals surface area contributed by atoms with Crippen molar-refractivity contribution in [3.63, 3.8) is 0 Å². The van der Waals surface area contributed by atoms with Crippen molar-refractivity contribution in [3.05, 3.63) is 125 Å². The van der Waals surface area contributed by atoms with E-state index in [-0.39, 0.29) is 23.8 Å². The number of benzene rings is 4. The second kappa shape index (κ2) is 8.88. The van der Waals surface area contributed by atoms with Crippen molar-refractivity contribution in [2.75, 3.05) is 17.0 Å². The molecule has 0 saturated carbocycles. The predicted octanol–water partition coefficient (Wildman–Crippen LogP) is 5.41. The Morgan fingerprint density at radius 1 is 0.881 bits per heavy atom. The summed E-state index contributed by atoms with van der Waals surface area (Å²) in [6.07, 6.45) is 3.81. The van der Waals surface area contributed by atoms with Crippen molar-refractivity contribution in [1.82, 2.24) is 0 Å². The quantitative estimate of drug-likeness (QED) is 0.337. The Labute approximate surface area is 240 Å². The Kier molecular flexibility index (Phi) is 5.19. The zero-order valence-electron chi connectivity index (χ0n) is 22.1. The summed E-state index contributed by atoms with van der Waals surface area (Å²) in [5.74, 6) is -2.37. The Bertz CT molecular complexity index is 1870. The van der Waals surface area contributed by atoms with Crippen molar-refractivity contribution in [1.29, 1.82) is 0 Å². The number of halogens is 1. The molecule has 8 heteroatoms. The first-order valence-electron chi connectivity index (χ1n) is 13.7. The molecule has 4 aromatic rings. The van der Waals surface area contributed by atoms with Crippen LogP contribution in [-0.4, -0.2) is 36.4 Å². The lowest BCUT2D eigenvalue weighted by Crippen LogP contribution is -2.51. The Morgan fingerprint density at radius 3 is 2.52 bits per heavy atom. The van der Waals surface area contributed by atoms with Crippen LogP contribution in [0.4, 0.5) is 15.8 Å². The van der Waals surface area contributed by atoms with Crippen molar-refractivity contribution in [3.8, 4) is 11.5 Å². The summed E-state index contributed by atoms with van der Waals surface area (Å²) in [6.45, 7) is 0.0297. The largest absolute Gasteiger partial charge is 0.454 e. The van der Waals surface area contributed by atoms with E-state index in [1.165, 1.54) is 18.2 Å². The fourth-order valence-electron chi connectivity index (χ4n) is 7.17. The molecular weight excluding hydrogens is 535 g/mol. The summed E-state index contributed by atoms with van der Waals surface area (Å²) in [6, 6.07) is 23.5. The fraction of sp³-hybridized carbons (Fsp3) is 0.147. The van der Waals surface area contributed by atoms with E-state index in [4.69, 9.17) is 9.47 Å². The third kappa shape index (κ3) is 3.17. The van der Waals surface area contributed by atoms with Gasteiger partial charge in [-0.3, -0.25) is 14.4 Å². The molecule has 0 unspecified atom stereocenters. The van der Waals surface area contributed by atoms with Gasteiger partial charge in [0.05, 0.1) is 17.5 Å². The van der Waals surface area contributed by atoms with Crippen molar-refractivity contribution in [2.45, 2.75) is 17.5 Å². The van der Waals surface area contributed by atoms with Gasteiger partial charge in [-0.2, -0.15) is 0 Å². The van der Waals surface area contributed by atoms with Crippen LogP contribution in [0.3, 0.4) is 0 Å². The minimum absolute atomic E-state index is 0.0297. The first-order valence-corrected chi connectivity index (χ1v) is 13.7. The summed E-state index contributed by atoms with van der Waals surface area (Å²) < 4.78 is 26.3. The number of fused-ring (bicyclic) bond motifs is 7. The Balaban J connectivity index is 1.42. The average molecular weight is 559 g/mol. The van der Waals surface area contributed by atoms with Gasteiger partial charge < -0.3 is 19.7 Å². The SMILES string of the molecule is O=C(c1ccccc1F)[C@@H]1[C@H](C(=O)c2ccc3c(c2)OCO3)[C@]2(C(=O)Nc3ccccc32)[C@@H]2C=Cc3ccccc3N12. The molecule has 1 fully saturated rings. The summed E-state index contributed by atoms with van der Waals surface area (Å²) in [4.78, 5) is 45.7. The molecule has 8 rings (SSSR count). The number of Topliss-reactive ketones (excluding diaryl/α,β-unsaturated/α-hetero) is 2. The average Bonchev–Trinajstić information content (AvgIpc) is 3.70. The zero-order chi connectivity index (χ0) is 28.6. The van der Waals surface area contributed by atoms with E-state index in [0.29, 0.717) is 28.4 Å². The van der Waals surface area contributed by atoms with Gasteiger partial charge in [0.1, 0.15) is 17.3 Å². The summed E-state index contributed by atoms with van der Waals surface area (Å²) in [5, 5.41) is 2.99. The lowest BCUT2D eigenvalue weighted by Gasteiger charge is -2.37. The number of carbonyl (C=O) groups excluding carboxylic acids is 3. The fourth-order valence-corrected chi connectivity index (χ4v) is 7.17. The van der Waals surface area contributed by atoms with E-state index in [0.717, 1.165) is 5.56 Å². The summed E-state index contributed by atoms with van der Waals surface area (Å²) in [5.41, 5.74) is 1.37. The van der Waals surface area contributed by atoms with Gasteiger partial charge in [0.25, 0.3) is 0 Å². The molecule has 4 atom stereocenters. The van der Waals surface area contributed by atoms with Gasteiger partial charge in [0.2, 0.25) is 12.7 Å². The highest BCUT2D eigenvalue weighted by Crippen LogP contribution is 2.58. The maximum absolute atomic E-state index is 15.3. The minimum atomic E-state index is -1.49. The molecule has 0 bridgehead atoms. The number of ketones is 2. The van der Waals surface area contributed by atoms with Crippen molar-refractivity contribution in [2.24, 2.45) is 5.92 Å². The first kappa shape index (κ1) is 24.5. The van der Waals surface area contributed by atoms with Crippen LogP contribution >= 0.6 is 0 Å². The molecule has 206 valence electrons. The van der Waals surface area contributed by atoms with Gasteiger partial charge in [-0.15, -0.1) is 0 Å². The van der Waals surface area contributed by atoms with Gasteiger partial charge in [-0.25, -0.2) is 4.39 Å². The number of nitrogens with one attached hydrogen (secondary N) is 1. The van der Waals surface area contributed by atoms with Gasteiger partial charge >= 0.3 is 0 Å². The van der Waals surface area contributed by atoms with Crippen LogP contribution in [0.15, 0.2) is 97.1 Å². The van der Waals surface area contributed by atoms with Gasteiger partial charge in [0, 0.05) is 16.9 Å². The molecule has 1 spiro atoms. The number of rotatable bonds is 4. The van der Waals surface area contributed by atoms with Crippen LogP contribution in [0.2, 0.25) is 0 Å². The highest BCUT2D eigenvalue weighted by Gasteiger charge is 2.70. The molecular formula is C34H23FN2O5. The van der Waals surface area contributed by atoms with E-state index < -0.39 is 40.8 Å². The second-order valence-corrected chi connectivity index (χ2v) is 10.8. The van der Waals surface area contributed by atoms with E-state index in [1.807, 2.05) is 59.5 Å². The lowest BCUT2D eigenvalue weighted by molar-refractivity contribution is -0.121. The predicted molar refractivity (Wildman–Crippen MR) is 153 cm³/mol. The maximum atomic E-state index is 15.3. The minimum Gasteiger partial charge on any atom is -0.454 e. The number of nitrogens with zero attached hydrogens (tertiary/aromatic N) is 1. The number of para-hydroxylation sites is 2. The molecule has 42 heavy (non-hydrogen) atoms. The molecule has 4 aliphatic rings. The van der Waals surface area contributed by atoms with Gasteiger partial charge in [-0.05, 0) is 53.6 Å². The number of ether oxygens (including phenoxy) is 2. The number of anilines is 2. The molecule has 7 nitrogen and oxygen atoms in total. The molecule has 4 aromatic carbocycles. The van der Waals surface area contributed by atoms with E-state index in [9.17, 15) is 14.4 Å². The summed E-state index contributed by atoms with van der Waals surface area (Å²) >= 11 is 0. The molecule has 4 heterocycles. The van der Waals surface area contributed by atoms with Gasteiger partial charge in [0.15, 0.2) is 23.1 Å². The topological polar surface area (TPSA) is 84.9 Å². The third-order valence-electron chi connectivity index (χ3n) is 8.89. The molecule has 0 aliphatic carbocycles. The number of amides is 1. The van der Waals surface area contributed by atoms with E-state index in [2.05, 4.69) is 5.32 Å². The number of carbonyl (C=O) groups is 3. The molecule has 0 radical (unpaired) electrons. The van der Waals surface area contributed by atoms with Crippen LogP contribution in [0.5, 0.6) is 11.5 Å². The third-order valence-corrected chi connectivity index (χ3v) is 8.89. The molecule has 1 saturated heterocycles. The molecule has 0 aromatic heterocycles. The zero-order valence-corrected chi connectivity index (χ0v) is 22.1. The number of hydrogen-bond donors (Lipinski definition) is 1. The molecule has 1 N–H and O–H groups in total. The monoisotopic (exact) mass is 558 g/mol. The van der Waals surface area contributed by atoms with Gasteiger partial charge in [-0.1, -0.05) is 60.7 Å². The van der Waals surface area contributed by atoms with Crippen molar-refractivity contribution < 1.29 is 28.2 Å². The smallest absolute Gasteiger partial charge is 0.238 e. The van der Waals surface area contributed by atoms with Crippen LogP contribution in [0, 0.1) is 11.7 Å². The summed E-state index contributed by atoms with van der Waals surface area (Å²) in [7, 11) is 0. The van der Waals surface area contributed by atoms with E-state index in [1.54, 1.807) is 30.3 Å². The molecule has 1 amide bonds. The maximum Gasteiger partial charge on any atom is 0.238 e. The first-order chi connectivity index (χ1) is 20.5. The Morgan fingerprint density at radius 2 is 1.64 bits per heavy atom. The van der Waals surface area contributed by atoms with E-state index >= 15 is 4.39 Å². The Hall–Kier alpha value is -5.24. The second-order valence-electron chi connectivity index (χ2n) is 10.8. The van der Waals surface area contributed by atoms with Crippen LogP contribution in [0.25, 0.3) is 6.08 Å². The standard InChI is InChI=1S/C34H23FN2O5/c35-23-10-4-2-8-21(23)32(39)30-29(31(38)20-13-15-26-27(17-20)42-18-41-26)34(22-9-3-5-11-24(22)36-33(34)40)28-16-14-19-7-1-6-12-25(19)37(28)30/h1-17,28-30H,18H2,(H,36,40)/t28-,29+,30-,34+/m0/s1. The van der Waals surface area contributed by atoms with Crippen LogP contribution in [0.1, 0.15) is 31.8 Å². The number of hydrogen-bond acceptors (Lipinski definition) is 6.